The number of imidazole rings is 1. The van der Waals surface area contributed by atoms with E-state index < -0.39 is 42.8 Å². The molecule has 10 heteroatoms. The van der Waals surface area contributed by atoms with Crippen molar-refractivity contribution in [1.29, 1.82) is 0 Å². The van der Waals surface area contributed by atoms with Crippen LogP contribution in [-0.2, 0) is 23.2 Å². The Morgan fingerprint density at radius 2 is 1.86 bits per heavy atom. The lowest BCUT2D eigenvalue weighted by Gasteiger charge is -2.41. The van der Waals surface area contributed by atoms with Crippen LogP contribution in [0.4, 0.5) is 13.2 Å². The maximum atomic E-state index is 13.5. The highest BCUT2D eigenvalue weighted by molar-refractivity contribution is 5.87. The minimum atomic E-state index is -4.71. The van der Waals surface area contributed by atoms with E-state index in [9.17, 15) is 27.6 Å². The summed E-state index contributed by atoms with van der Waals surface area (Å²) in [6.45, 7) is 1.80. The molecule has 2 amide bonds. The molecule has 0 radical (unpaired) electrons. The topological polar surface area (TPSA) is 67.6 Å². The van der Waals surface area contributed by atoms with Crippen molar-refractivity contribution in [3.8, 4) is 0 Å². The third-order valence-electron chi connectivity index (χ3n) is 4.91. The molecule has 3 rings (SSSR count). The van der Waals surface area contributed by atoms with Crippen LogP contribution in [0.25, 0.3) is 11.0 Å². The minimum absolute atomic E-state index is 0.0341. The number of halogens is 3. The third kappa shape index (κ3) is 3.41. The molecular weight excluding hydrogens is 377 g/mol. The zero-order valence-corrected chi connectivity index (χ0v) is 15.1. The molecule has 1 aromatic heterocycles. The first kappa shape index (κ1) is 19.7. The lowest BCUT2D eigenvalue weighted by atomic mass is 10.1. The van der Waals surface area contributed by atoms with E-state index in [1.54, 1.807) is 24.3 Å². The number of benzene rings is 1. The lowest BCUT2D eigenvalue weighted by Crippen LogP contribution is -2.62. The Hall–Kier alpha value is -3.04. The third-order valence-corrected chi connectivity index (χ3v) is 4.91. The van der Waals surface area contributed by atoms with Crippen LogP contribution < -0.4 is 5.69 Å². The van der Waals surface area contributed by atoms with Gasteiger partial charge in [-0.1, -0.05) is 18.7 Å². The van der Waals surface area contributed by atoms with Gasteiger partial charge in [0.05, 0.1) is 17.6 Å². The van der Waals surface area contributed by atoms with Crippen molar-refractivity contribution in [1.82, 2.24) is 18.9 Å². The quantitative estimate of drug-likeness (QED) is 0.731. The second kappa shape index (κ2) is 7.17. The molecule has 0 saturated carbocycles. The molecule has 0 bridgehead atoms. The number of fused-ring (bicyclic) bond motifs is 1. The van der Waals surface area contributed by atoms with Gasteiger partial charge in [-0.2, -0.15) is 13.2 Å². The molecule has 1 aliphatic rings. The maximum Gasteiger partial charge on any atom is 0.410 e. The van der Waals surface area contributed by atoms with E-state index in [0.29, 0.717) is 15.9 Å². The largest absolute Gasteiger partial charge is 0.410 e. The van der Waals surface area contributed by atoms with Crippen molar-refractivity contribution < 1.29 is 22.8 Å². The van der Waals surface area contributed by atoms with Crippen LogP contribution in [0.1, 0.15) is 0 Å². The molecule has 1 saturated heterocycles. The number of alkyl halides is 3. The molecule has 0 aliphatic carbocycles. The van der Waals surface area contributed by atoms with Gasteiger partial charge >= 0.3 is 11.9 Å². The van der Waals surface area contributed by atoms with Crippen molar-refractivity contribution >= 4 is 22.8 Å². The predicted octanol–water partition coefficient (Wildman–Crippen LogP) is 1.13. The average Bonchev–Trinajstić information content (AvgIpc) is 2.91. The maximum absolute atomic E-state index is 13.5. The van der Waals surface area contributed by atoms with Gasteiger partial charge in [-0.25, -0.2) is 4.79 Å². The molecule has 1 aliphatic heterocycles. The summed E-state index contributed by atoms with van der Waals surface area (Å²) in [7, 11) is 1.53. The van der Waals surface area contributed by atoms with Crippen molar-refractivity contribution in [2.24, 2.45) is 7.05 Å². The number of hydrogen-bond acceptors (Lipinski definition) is 3. The summed E-state index contributed by atoms with van der Waals surface area (Å²) < 4.78 is 43.1. The summed E-state index contributed by atoms with van der Waals surface area (Å²) in [5, 5.41) is 0. The fourth-order valence-electron chi connectivity index (χ4n) is 3.43. The van der Waals surface area contributed by atoms with Gasteiger partial charge in [0.25, 0.3) is 0 Å². The van der Waals surface area contributed by atoms with Gasteiger partial charge in [0.1, 0.15) is 12.6 Å². The van der Waals surface area contributed by atoms with E-state index in [2.05, 4.69) is 6.58 Å². The van der Waals surface area contributed by atoms with E-state index >= 15 is 0 Å². The van der Waals surface area contributed by atoms with Crippen molar-refractivity contribution in [3.63, 3.8) is 0 Å². The van der Waals surface area contributed by atoms with Crippen LogP contribution in [0.5, 0.6) is 0 Å². The van der Waals surface area contributed by atoms with Gasteiger partial charge in [0, 0.05) is 20.1 Å². The molecule has 0 spiro atoms. The van der Waals surface area contributed by atoms with Gasteiger partial charge in [0.15, 0.2) is 0 Å². The minimum Gasteiger partial charge on any atom is -0.335 e. The fraction of sp³-hybridized carbons (Fsp3) is 0.389. The zero-order chi connectivity index (χ0) is 20.6. The standard InChI is InChI=1S/C18H19F3N4O3/c1-3-15(26)23-8-9-24(14(10-23)18(19,20)21)16(27)11-25-13-7-5-4-6-12(13)22(2)17(25)28/h3-7,14H,1,8-11H2,2H3. The summed E-state index contributed by atoms with van der Waals surface area (Å²) >= 11 is 0. The molecule has 1 fully saturated rings. The average molecular weight is 396 g/mol. The van der Waals surface area contributed by atoms with Crippen LogP contribution >= 0.6 is 0 Å². The van der Waals surface area contributed by atoms with Crippen molar-refractivity contribution in [2.75, 3.05) is 19.6 Å². The van der Waals surface area contributed by atoms with E-state index in [4.69, 9.17) is 0 Å². The van der Waals surface area contributed by atoms with Crippen molar-refractivity contribution in [2.45, 2.75) is 18.8 Å². The number of para-hydroxylation sites is 2. The molecule has 0 N–H and O–H groups in total. The summed E-state index contributed by atoms with van der Waals surface area (Å²) in [4.78, 5) is 38.5. The van der Waals surface area contributed by atoms with Gasteiger partial charge < -0.3 is 9.80 Å². The molecule has 1 unspecified atom stereocenters. The summed E-state index contributed by atoms with van der Waals surface area (Å²) in [5.74, 6) is -1.45. The zero-order valence-electron chi connectivity index (χ0n) is 15.1. The molecule has 2 heterocycles. The number of piperazine rings is 1. The highest BCUT2D eigenvalue weighted by Gasteiger charge is 2.48. The number of nitrogens with zero attached hydrogens (tertiary/aromatic N) is 4. The monoisotopic (exact) mass is 396 g/mol. The Labute approximate surface area is 158 Å². The number of carbonyl (C=O) groups excluding carboxylic acids is 2. The Kier molecular flexibility index (Phi) is 5.05. The van der Waals surface area contributed by atoms with Crippen molar-refractivity contribution in [3.05, 3.63) is 47.4 Å². The molecular formula is C18H19F3N4O3. The second-order valence-electron chi connectivity index (χ2n) is 6.55. The van der Waals surface area contributed by atoms with Gasteiger partial charge in [-0.15, -0.1) is 0 Å². The molecule has 28 heavy (non-hydrogen) atoms. The first-order valence-corrected chi connectivity index (χ1v) is 8.57. The highest BCUT2D eigenvalue weighted by Crippen LogP contribution is 2.28. The fourth-order valence-corrected chi connectivity index (χ4v) is 3.43. The molecule has 1 aromatic carbocycles. The van der Waals surface area contributed by atoms with Crippen LogP contribution in [0, 0.1) is 0 Å². The van der Waals surface area contributed by atoms with Crippen LogP contribution in [0.15, 0.2) is 41.7 Å². The Morgan fingerprint density at radius 3 is 2.46 bits per heavy atom. The summed E-state index contributed by atoms with van der Waals surface area (Å²) in [6, 6.07) is 4.59. The van der Waals surface area contributed by atoms with E-state index in [1.165, 1.54) is 11.6 Å². The number of aryl methyl sites for hydroxylation is 1. The Morgan fingerprint density at radius 1 is 1.21 bits per heavy atom. The van der Waals surface area contributed by atoms with Crippen LogP contribution in [-0.4, -0.2) is 62.6 Å². The Bertz CT molecular complexity index is 992. The van der Waals surface area contributed by atoms with Crippen LogP contribution in [0.2, 0.25) is 0 Å². The number of rotatable bonds is 3. The summed E-state index contributed by atoms with van der Waals surface area (Å²) in [6.07, 6.45) is -3.76. The van der Waals surface area contributed by atoms with Gasteiger partial charge in [-0.3, -0.25) is 18.7 Å². The lowest BCUT2D eigenvalue weighted by molar-refractivity contribution is -0.201. The predicted molar refractivity (Wildman–Crippen MR) is 95.5 cm³/mol. The van der Waals surface area contributed by atoms with Gasteiger partial charge in [0.2, 0.25) is 11.8 Å². The Balaban J connectivity index is 1.90. The van der Waals surface area contributed by atoms with E-state index in [0.717, 1.165) is 15.5 Å². The first-order valence-electron chi connectivity index (χ1n) is 8.57. The SMILES string of the molecule is C=CC(=O)N1CCN(C(=O)Cn2c(=O)n(C)c3ccccc32)C(C(F)(F)F)C1. The number of hydrogen-bond donors (Lipinski definition) is 0. The normalized spacial score (nSPS) is 17.8. The number of carbonyl (C=O) groups is 2. The second-order valence-corrected chi connectivity index (χ2v) is 6.55. The number of amides is 2. The number of aromatic nitrogens is 2. The van der Waals surface area contributed by atoms with Gasteiger partial charge in [-0.05, 0) is 18.2 Å². The highest BCUT2D eigenvalue weighted by atomic mass is 19.4. The summed E-state index contributed by atoms with van der Waals surface area (Å²) in [5.41, 5.74) is 0.556. The first-order chi connectivity index (χ1) is 13.1. The van der Waals surface area contributed by atoms with E-state index in [-0.39, 0.29) is 13.1 Å². The molecule has 2 aromatic rings. The molecule has 7 nitrogen and oxygen atoms in total. The molecule has 1 atom stereocenters. The molecule has 150 valence electrons. The van der Waals surface area contributed by atoms with E-state index in [1.807, 2.05) is 0 Å². The van der Waals surface area contributed by atoms with Crippen LogP contribution in [0.3, 0.4) is 0 Å². The smallest absolute Gasteiger partial charge is 0.335 e.